The summed E-state index contributed by atoms with van der Waals surface area (Å²) < 4.78 is 28.5. The molecule has 2 aromatic rings. The topological polar surface area (TPSA) is 37.4 Å². The van der Waals surface area contributed by atoms with Crippen LogP contribution in [0.3, 0.4) is 0 Å². The van der Waals surface area contributed by atoms with Crippen molar-refractivity contribution in [3.05, 3.63) is 82.9 Å². The van der Waals surface area contributed by atoms with Crippen LogP contribution in [0.2, 0.25) is 0 Å². The molecule has 0 fully saturated rings. The number of hydrogen-bond acceptors (Lipinski definition) is 2. The lowest BCUT2D eigenvalue weighted by Crippen LogP contribution is -2.34. The molecule has 0 spiro atoms. The van der Waals surface area contributed by atoms with Gasteiger partial charge in [-0.2, -0.15) is 0 Å². The molecular formula is C22H25NO2S. The smallest absolute Gasteiger partial charge is 0.261 e. The average Bonchev–Trinajstić information content (AvgIpc) is 2.62. The number of sulfonamides is 1. The van der Waals surface area contributed by atoms with E-state index in [0.717, 1.165) is 40.8 Å². The van der Waals surface area contributed by atoms with Gasteiger partial charge in [-0.05, 0) is 43.5 Å². The van der Waals surface area contributed by atoms with Crippen molar-refractivity contribution in [2.24, 2.45) is 0 Å². The van der Waals surface area contributed by atoms with E-state index in [1.165, 1.54) is 0 Å². The summed E-state index contributed by atoms with van der Waals surface area (Å²) in [4.78, 5) is 0.335. The lowest BCUT2D eigenvalue weighted by atomic mass is 9.97. The second kappa shape index (κ2) is 7.50. The fourth-order valence-corrected chi connectivity index (χ4v) is 4.88. The highest BCUT2D eigenvalue weighted by Crippen LogP contribution is 2.35. The highest BCUT2D eigenvalue weighted by molar-refractivity contribution is 7.89. The first-order valence-electron chi connectivity index (χ1n) is 8.98. The molecule has 0 saturated heterocycles. The van der Waals surface area contributed by atoms with Crippen molar-refractivity contribution in [3.63, 3.8) is 0 Å². The fraction of sp³-hybridized carbons (Fsp3) is 0.273. The molecule has 0 saturated carbocycles. The summed E-state index contributed by atoms with van der Waals surface area (Å²) in [5.74, 6) is 0. The van der Waals surface area contributed by atoms with Crippen LogP contribution in [0.1, 0.15) is 37.8 Å². The molecule has 2 aromatic carbocycles. The predicted octanol–water partition coefficient (Wildman–Crippen LogP) is 5.16. The Hall–Kier alpha value is -2.33. The molecule has 0 radical (unpaired) electrons. The number of aryl methyl sites for hydroxylation is 1. The Labute approximate surface area is 156 Å². The van der Waals surface area contributed by atoms with Gasteiger partial charge in [-0.25, -0.2) is 8.42 Å². The second-order valence-electron chi connectivity index (χ2n) is 6.81. The molecule has 0 aromatic heterocycles. The maximum atomic E-state index is 13.4. The SMILES string of the molecule is CCCC1=C(c2ccccc2)N(S(=O)(=O)c2ccc(C)cc2)CC(C)=C1. The number of hydrogen-bond donors (Lipinski definition) is 0. The summed E-state index contributed by atoms with van der Waals surface area (Å²) in [6.07, 6.45) is 3.96. The molecule has 0 N–H and O–H groups in total. The van der Waals surface area contributed by atoms with Crippen molar-refractivity contribution in [2.75, 3.05) is 6.54 Å². The molecule has 0 bridgehead atoms. The Morgan fingerprint density at radius 2 is 1.62 bits per heavy atom. The van der Waals surface area contributed by atoms with Gasteiger partial charge in [-0.15, -0.1) is 0 Å². The van der Waals surface area contributed by atoms with Gasteiger partial charge < -0.3 is 0 Å². The molecule has 136 valence electrons. The Balaban J connectivity index is 2.18. The molecule has 3 rings (SSSR count). The lowest BCUT2D eigenvalue weighted by molar-refractivity contribution is 0.522. The molecule has 0 aliphatic carbocycles. The number of nitrogens with zero attached hydrogens (tertiary/aromatic N) is 1. The largest absolute Gasteiger partial charge is 0.264 e. The third-order valence-electron chi connectivity index (χ3n) is 4.54. The van der Waals surface area contributed by atoms with E-state index in [-0.39, 0.29) is 0 Å². The van der Waals surface area contributed by atoms with E-state index in [1.54, 1.807) is 16.4 Å². The quantitative estimate of drug-likeness (QED) is 0.732. The molecule has 0 amide bonds. The number of rotatable bonds is 5. The predicted molar refractivity (Wildman–Crippen MR) is 107 cm³/mol. The minimum absolute atomic E-state index is 0.335. The van der Waals surface area contributed by atoms with Crippen LogP contribution in [-0.2, 0) is 10.0 Å². The van der Waals surface area contributed by atoms with Gasteiger partial charge in [0.2, 0.25) is 0 Å². The minimum Gasteiger partial charge on any atom is -0.261 e. The van der Waals surface area contributed by atoms with Crippen molar-refractivity contribution in [2.45, 2.75) is 38.5 Å². The standard InChI is InChI=1S/C22H25NO2S/c1-4-8-20-15-18(3)16-23(22(20)19-9-6-5-7-10-19)26(24,25)21-13-11-17(2)12-14-21/h5-7,9-15H,4,8,16H2,1-3H3. The van der Waals surface area contributed by atoms with Crippen LogP contribution in [-0.4, -0.2) is 19.3 Å². The Bertz CT molecular complexity index is 939. The summed E-state index contributed by atoms with van der Waals surface area (Å²) in [7, 11) is -3.63. The number of benzene rings is 2. The monoisotopic (exact) mass is 367 g/mol. The summed E-state index contributed by atoms with van der Waals surface area (Å²) in [5, 5.41) is 0. The van der Waals surface area contributed by atoms with Gasteiger partial charge in [0.15, 0.2) is 0 Å². The van der Waals surface area contributed by atoms with Crippen molar-refractivity contribution >= 4 is 15.7 Å². The highest BCUT2D eigenvalue weighted by atomic mass is 32.2. The van der Waals surface area contributed by atoms with E-state index < -0.39 is 10.0 Å². The van der Waals surface area contributed by atoms with E-state index in [2.05, 4.69) is 13.0 Å². The lowest BCUT2D eigenvalue weighted by Gasteiger charge is -2.32. The van der Waals surface area contributed by atoms with E-state index >= 15 is 0 Å². The van der Waals surface area contributed by atoms with Crippen LogP contribution < -0.4 is 0 Å². The van der Waals surface area contributed by atoms with Crippen molar-refractivity contribution < 1.29 is 8.42 Å². The molecule has 0 unspecified atom stereocenters. The Kier molecular flexibility index (Phi) is 5.33. The van der Waals surface area contributed by atoms with Gasteiger partial charge in [-0.1, -0.05) is 73.0 Å². The summed E-state index contributed by atoms with van der Waals surface area (Å²) in [6, 6.07) is 16.9. The molecule has 0 atom stereocenters. The van der Waals surface area contributed by atoms with Crippen molar-refractivity contribution in [1.82, 2.24) is 4.31 Å². The van der Waals surface area contributed by atoms with Crippen LogP contribution in [0.25, 0.3) is 5.70 Å². The van der Waals surface area contributed by atoms with Crippen LogP contribution >= 0.6 is 0 Å². The second-order valence-corrected chi connectivity index (χ2v) is 8.67. The molecular weight excluding hydrogens is 342 g/mol. The van der Waals surface area contributed by atoms with Gasteiger partial charge in [-0.3, -0.25) is 4.31 Å². The Morgan fingerprint density at radius 1 is 0.962 bits per heavy atom. The van der Waals surface area contributed by atoms with Crippen LogP contribution in [0, 0.1) is 6.92 Å². The summed E-state index contributed by atoms with van der Waals surface area (Å²) >= 11 is 0. The average molecular weight is 368 g/mol. The maximum absolute atomic E-state index is 13.4. The highest BCUT2D eigenvalue weighted by Gasteiger charge is 2.31. The Morgan fingerprint density at radius 3 is 2.23 bits per heavy atom. The van der Waals surface area contributed by atoms with Gasteiger partial charge in [0.05, 0.1) is 17.1 Å². The molecule has 1 heterocycles. The maximum Gasteiger partial charge on any atom is 0.264 e. The van der Waals surface area contributed by atoms with E-state index in [4.69, 9.17) is 0 Å². The summed E-state index contributed by atoms with van der Waals surface area (Å²) in [5.41, 5.74) is 4.93. The fourth-order valence-electron chi connectivity index (χ4n) is 3.31. The van der Waals surface area contributed by atoms with Crippen molar-refractivity contribution in [1.29, 1.82) is 0 Å². The zero-order valence-corrected chi connectivity index (χ0v) is 16.4. The first kappa shape index (κ1) is 18.5. The molecule has 4 heteroatoms. The zero-order valence-electron chi connectivity index (χ0n) is 15.6. The summed E-state index contributed by atoms with van der Waals surface area (Å²) in [6.45, 7) is 6.45. The van der Waals surface area contributed by atoms with Crippen LogP contribution in [0.4, 0.5) is 0 Å². The third kappa shape index (κ3) is 3.61. The van der Waals surface area contributed by atoms with Crippen LogP contribution in [0.5, 0.6) is 0 Å². The molecule has 1 aliphatic heterocycles. The van der Waals surface area contributed by atoms with E-state index in [9.17, 15) is 8.42 Å². The van der Waals surface area contributed by atoms with Crippen LogP contribution in [0.15, 0.2) is 76.7 Å². The van der Waals surface area contributed by atoms with Gasteiger partial charge in [0, 0.05) is 0 Å². The third-order valence-corrected chi connectivity index (χ3v) is 6.30. The minimum atomic E-state index is -3.63. The molecule has 1 aliphatic rings. The van der Waals surface area contributed by atoms with Crippen molar-refractivity contribution in [3.8, 4) is 0 Å². The molecule has 3 nitrogen and oxygen atoms in total. The van der Waals surface area contributed by atoms with E-state index in [0.29, 0.717) is 11.4 Å². The number of allylic oxidation sites excluding steroid dienone is 2. The zero-order chi connectivity index (χ0) is 18.7. The normalized spacial score (nSPS) is 15.2. The van der Waals surface area contributed by atoms with E-state index in [1.807, 2.05) is 56.3 Å². The first-order valence-corrected chi connectivity index (χ1v) is 10.4. The molecule has 26 heavy (non-hydrogen) atoms. The van der Waals surface area contributed by atoms with Gasteiger partial charge in [0.25, 0.3) is 10.0 Å². The van der Waals surface area contributed by atoms with Gasteiger partial charge >= 0.3 is 0 Å². The first-order chi connectivity index (χ1) is 12.4. The van der Waals surface area contributed by atoms with Gasteiger partial charge in [0.1, 0.15) is 0 Å².